The molecule has 0 saturated heterocycles. The van der Waals surface area contributed by atoms with Crippen LogP contribution in [-0.2, 0) is 16.2 Å². The van der Waals surface area contributed by atoms with Gasteiger partial charge in [-0.1, -0.05) is 29.4 Å². The first kappa shape index (κ1) is 26.3. The molecule has 0 aliphatic rings. The molecule has 0 heterocycles. The van der Waals surface area contributed by atoms with Crippen molar-refractivity contribution in [1.82, 2.24) is 0 Å². The number of unbranched alkanes of at least 4 members (excludes halogenated alkanes) is 1. The van der Waals surface area contributed by atoms with E-state index in [1.54, 1.807) is 0 Å². The molecule has 2 aromatic rings. The van der Waals surface area contributed by atoms with Crippen LogP contribution in [0.1, 0.15) is 43.4 Å². The maximum atomic E-state index is 6.03. The molecule has 0 spiro atoms. The van der Waals surface area contributed by atoms with E-state index in [0.717, 1.165) is 52.5 Å². The fourth-order valence-electron chi connectivity index (χ4n) is 3.18. The van der Waals surface area contributed by atoms with Crippen molar-refractivity contribution in [2.45, 2.75) is 47.1 Å². The summed E-state index contributed by atoms with van der Waals surface area (Å²) in [5, 5.41) is 3.83. The third kappa shape index (κ3) is 10.00. The summed E-state index contributed by atoms with van der Waals surface area (Å²) in [6, 6.07) is 12.0. The molecule has 0 N–H and O–H groups in total. The van der Waals surface area contributed by atoms with Crippen molar-refractivity contribution in [3.8, 4) is 17.2 Å². The summed E-state index contributed by atoms with van der Waals surface area (Å²) in [6.45, 7) is 10.9. The Morgan fingerprint density at radius 3 is 2.27 bits per heavy atom. The van der Waals surface area contributed by atoms with E-state index in [9.17, 15) is 0 Å². The molecule has 33 heavy (non-hydrogen) atoms. The van der Waals surface area contributed by atoms with Gasteiger partial charge in [0.05, 0.1) is 18.9 Å². The van der Waals surface area contributed by atoms with Crippen LogP contribution < -0.4 is 14.2 Å². The van der Waals surface area contributed by atoms with Gasteiger partial charge in [0.25, 0.3) is 0 Å². The minimum Gasteiger partial charge on any atom is -0.493 e. The lowest BCUT2D eigenvalue weighted by molar-refractivity contribution is 0.113. The molecule has 0 aliphatic heterocycles. The molecule has 6 heteroatoms. The molecule has 0 aliphatic carbocycles. The van der Waals surface area contributed by atoms with E-state index in [4.69, 9.17) is 23.8 Å². The van der Waals surface area contributed by atoms with Gasteiger partial charge in [0.1, 0.15) is 37.6 Å². The first-order valence-electron chi connectivity index (χ1n) is 11.4. The van der Waals surface area contributed by atoms with E-state index < -0.39 is 0 Å². The second-order valence-corrected chi connectivity index (χ2v) is 7.82. The third-order valence-corrected chi connectivity index (χ3v) is 4.83. The van der Waals surface area contributed by atoms with Gasteiger partial charge in [-0.3, -0.25) is 0 Å². The van der Waals surface area contributed by atoms with Gasteiger partial charge in [-0.05, 0) is 81.5 Å². The number of oxime groups is 1. The van der Waals surface area contributed by atoms with Crippen LogP contribution >= 0.6 is 0 Å². The van der Waals surface area contributed by atoms with Crippen LogP contribution in [-0.4, -0.2) is 39.2 Å². The molecule has 180 valence electrons. The Balaban J connectivity index is 1.63. The van der Waals surface area contributed by atoms with Gasteiger partial charge < -0.3 is 23.8 Å². The molecule has 2 rings (SSSR count). The number of nitrogens with zero attached hydrogens (tertiary/aromatic N) is 1. The molecule has 6 nitrogen and oxygen atoms in total. The zero-order valence-electron chi connectivity index (χ0n) is 20.6. The summed E-state index contributed by atoms with van der Waals surface area (Å²) < 4.78 is 23.2. The van der Waals surface area contributed by atoms with E-state index in [-0.39, 0.29) is 0 Å². The van der Waals surface area contributed by atoms with Gasteiger partial charge in [0, 0.05) is 6.61 Å². The zero-order chi connectivity index (χ0) is 23.9. The average Bonchev–Trinajstić information content (AvgIpc) is 2.79. The highest BCUT2D eigenvalue weighted by atomic mass is 16.6. The summed E-state index contributed by atoms with van der Waals surface area (Å²) in [7, 11) is 1.52. The number of hydrogen-bond donors (Lipinski definition) is 0. The normalized spacial score (nSPS) is 11.6. The highest BCUT2D eigenvalue weighted by molar-refractivity contribution is 5.82. The molecule has 0 aromatic heterocycles. The van der Waals surface area contributed by atoms with Crippen molar-refractivity contribution in [3.05, 3.63) is 65.2 Å². The van der Waals surface area contributed by atoms with E-state index in [1.165, 1.54) is 7.11 Å². The van der Waals surface area contributed by atoms with Crippen molar-refractivity contribution in [2.24, 2.45) is 5.16 Å². The van der Waals surface area contributed by atoms with Gasteiger partial charge in [0.15, 0.2) is 0 Å². The average molecular weight is 456 g/mol. The number of rotatable bonds is 15. The summed E-state index contributed by atoms with van der Waals surface area (Å²) >= 11 is 0. The van der Waals surface area contributed by atoms with Crippen molar-refractivity contribution in [2.75, 3.05) is 33.5 Å². The van der Waals surface area contributed by atoms with Gasteiger partial charge >= 0.3 is 0 Å². The number of hydrogen-bond acceptors (Lipinski definition) is 6. The molecular formula is C27H37NO5. The Kier molecular flexibility index (Phi) is 11.9. The summed E-state index contributed by atoms with van der Waals surface area (Å²) in [5.41, 5.74) is 4.08. The number of benzene rings is 2. The van der Waals surface area contributed by atoms with Crippen LogP contribution in [0.25, 0.3) is 0 Å². The first-order valence-corrected chi connectivity index (χ1v) is 11.4. The largest absolute Gasteiger partial charge is 0.493 e. The second kappa shape index (κ2) is 15.0. The van der Waals surface area contributed by atoms with E-state index >= 15 is 0 Å². The standard InChI is InChI=1S/C27H37NO5/c1-6-7-15-31-26-17-21(2)27(22(3)18-26)32-16-9-8-14-30-20-24-10-12-25(13-11-24)33-19-23(4)28-29-5/h6-7,10-13,17-18H,8-9,14-16,19-20H2,1-5H3/b7-6+,28-23+. The monoisotopic (exact) mass is 455 g/mol. The smallest absolute Gasteiger partial charge is 0.129 e. The Morgan fingerprint density at radius 2 is 1.61 bits per heavy atom. The summed E-state index contributed by atoms with van der Waals surface area (Å²) in [5.74, 6) is 2.61. The summed E-state index contributed by atoms with van der Waals surface area (Å²) in [4.78, 5) is 4.72. The van der Waals surface area contributed by atoms with Crippen LogP contribution in [0.15, 0.2) is 53.7 Å². The maximum absolute atomic E-state index is 6.03. The number of aryl methyl sites for hydroxylation is 2. The molecule has 0 saturated carbocycles. The highest BCUT2D eigenvalue weighted by Crippen LogP contribution is 2.28. The fourth-order valence-corrected chi connectivity index (χ4v) is 3.18. The van der Waals surface area contributed by atoms with Crippen molar-refractivity contribution in [1.29, 1.82) is 0 Å². The predicted molar refractivity (Wildman–Crippen MR) is 133 cm³/mol. The molecule has 0 fully saturated rings. The Bertz CT molecular complexity index is 867. The SMILES string of the molecule is C/C=C/COc1cc(C)c(OCCCCOCc2ccc(OC/C(C)=N/OC)cc2)c(C)c1. The van der Waals surface area contributed by atoms with Crippen molar-refractivity contribution in [3.63, 3.8) is 0 Å². The van der Waals surface area contributed by atoms with E-state index in [0.29, 0.717) is 33.0 Å². The lowest BCUT2D eigenvalue weighted by Gasteiger charge is -2.14. The van der Waals surface area contributed by atoms with Gasteiger partial charge in [-0.15, -0.1) is 0 Å². The molecule has 0 unspecified atom stereocenters. The molecule has 0 radical (unpaired) electrons. The second-order valence-electron chi connectivity index (χ2n) is 7.82. The molecule has 2 aromatic carbocycles. The molecule has 0 atom stereocenters. The Morgan fingerprint density at radius 1 is 0.909 bits per heavy atom. The van der Waals surface area contributed by atoms with Crippen molar-refractivity contribution >= 4 is 5.71 Å². The van der Waals surface area contributed by atoms with E-state index in [1.807, 2.05) is 62.4 Å². The lowest BCUT2D eigenvalue weighted by atomic mass is 10.1. The number of ether oxygens (including phenoxy) is 4. The predicted octanol–water partition coefficient (Wildman–Crippen LogP) is 6.04. The van der Waals surface area contributed by atoms with Crippen LogP contribution in [0, 0.1) is 13.8 Å². The molecule has 0 bridgehead atoms. The minimum absolute atomic E-state index is 0.402. The van der Waals surface area contributed by atoms with E-state index in [2.05, 4.69) is 19.0 Å². The summed E-state index contributed by atoms with van der Waals surface area (Å²) in [6.07, 6.45) is 5.85. The van der Waals surface area contributed by atoms with Crippen molar-refractivity contribution < 1.29 is 23.8 Å². The van der Waals surface area contributed by atoms with Crippen LogP contribution in [0.2, 0.25) is 0 Å². The Labute approximate surface area is 198 Å². The Hall–Kier alpha value is -2.99. The van der Waals surface area contributed by atoms with Crippen LogP contribution in [0.5, 0.6) is 17.2 Å². The van der Waals surface area contributed by atoms with Crippen LogP contribution in [0.4, 0.5) is 0 Å². The highest BCUT2D eigenvalue weighted by Gasteiger charge is 2.07. The zero-order valence-corrected chi connectivity index (χ0v) is 20.6. The maximum Gasteiger partial charge on any atom is 0.129 e. The van der Waals surface area contributed by atoms with Gasteiger partial charge in [0.2, 0.25) is 0 Å². The minimum atomic E-state index is 0.402. The third-order valence-electron chi connectivity index (χ3n) is 4.83. The lowest BCUT2D eigenvalue weighted by Crippen LogP contribution is -2.07. The molecular weight excluding hydrogens is 418 g/mol. The van der Waals surface area contributed by atoms with Crippen LogP contribution in [0.3, 0.4) is 0 Å². The van der Waals surface area contributed by atoms with Gasteiger partial charge in [-0.25, -0.2) is 0 Å². The topological polar surface area (TPSA) is 58.5 Å². The quantitative estimate of drug-likeness (QED) is 0.142. The number of allylic oxidation sites excluding steroid dienone is 1. The molecule has 0 amide bonds. The first-order chi connectivity index (χ1) is 16.0. The fraction of sp³-hybridized carbons (Fsp3) is 0.444. The van der Waals surface area contributed by atoms with Gasteiger partial charge in [-0.2, -0.15) is 0 Å².